The Balaban J connectivity index is 1.89. The lowest BCUT2D eigenvalue weighted by molar-refractivity contribution is -0.00152. The second-order valence-corrected chi connectivity index (χ2v) is 4.62. The third-order valence-corrected chi connectivity index (χ3v) is 3.34. The van der Waals surface area contributed by atoms with Gasteiger partial charge in [0.25, 0.3) is 0 Å². The number of ether oxygens (including phenoxy) is 2. The second kappa shape index (κ2) is 7.88. The fourth-order valence-corrected chi connectivity index (χ4v) is 2.19. The molecule has 0 unspecified atom stereocenters. The molecule has 2 rings (SSSR count). The molecular formula is C17H23NO2. The van der Waals surface area contributed by atoms with Crippen LogP contribution in [-0.2, 0) is 9.47 Å². The first-order chi connectivity index (χ1) is 9.83. The van der Waals surface area contributed by atoms with Crippen molar-refractivity contribution in [2.24, 2.45) is 0 Å². The molecule has 0 spiro atoms. The fourth-order valence-electron chi connectivity index (χ4n) is 2.19. The third kappa shape index (κ3) is 4.22. The Morgan fingerprint density at radius 1 is 1.05 bits per heavy atom. The van der Waals surface area contributed by atoms with Crippen molar-refractivity contribution in [2.45, 2.75) is 20.1 Å². The number of benzene rings is 1. The average Bonchev–Trinajstić information content (AvgIpc) is 3.00. The molecule has 0 radical (unpaired) electrons. The summed E-state index contributed by atoms with van der Waals surface area (Å²) < 4.78 is 10.6. The minimum absolute atomic E-state index is 0.176. The van der Waals surface area contributed by atoms with Gasteiger partial charge in [0.2, 0.25) is 0 Å². The molecule has 3 nitrogen and oxygen atoms in total. The summed E-state index contributed by atoms with van der Waals surface area (Å²) >= 11 is 0. The van der Waals surface area contributed by atoms with E-state index in [0.717, 1.165) is 13.1 Å². The van der Waals surface area contributed by atoms with E-state index >= 15 is 0 Å². The molecule has 0 N–H and O–H groups in total. The van der Waals surface area contributed by atoms with Gasteiger partial charge in [-0.15, -0.1) is 0 Å². The van der Waals surface area contributed by atoms with Crippen molar-refractivity contribution in [3.05, 3.63) is 48.1 Å². The Labute approximate surface area is 121 Å². The zero-order chi connectivity index (χ0) is 14.2. The molecule has 108 valence electrons. The van der Waals surface area contributed by atoms with Crippen molar-refractivity contribution in [3.63, 3.8) is 0 Å². The zero-order valence-electron chi connectivity index (χ0n) is 12.3. The number of nitrogens with zero attached hydrogens (tertiary/aromatic N) is 1. The van der Waals surface area contributed by atoms with Crippen LogP contribution < -0.4 is 4.90 Å². The highest BCUT2D eigenvalue weighted by molar-refractivity contribution is 5.56. The van der Waals surface area contributed by atoms with Gasteiger partial charge in [0.15, 0.2) is 6.29 Å². The fraction of sp³-hybridized carbons (Fsp3) is 0.412. The summed E-state index contributed by atoms with van der Waals surface area (Å²) in [6.07, 6.45) is 7.81. The highest BCUT2D eigenvalue weighted by Gasteiger charge is 2.10. The molecule has 0 aliphatic carbocycles. The van der Waals surface area contributed by atoms with Crippen LogP contribution in [0.25, 0.3) is 6.08 Å². The summed E-state index contributed by atoms with van der Waals surface area (Å²) in [6.45, 7) is 7.80. The van der Waals surface area contributed by atoms with Crippen LogP contribution >= 0.6 is 0 Å². The highest BCUT2D eigenvalue weighted by atomic mass is 16.7. The number of hydrogen-bond acceptors (Lipinski definition) is 3. The van der Waals surface area contributed by atoms with E-state index in [0.29, 0.717) is 13.2 Å². The third-order valence-electron chi connectivity index (χ3n) is 3.34. The number of rotatable bonds is 6. The molecule has 3 heteroatoms. The molecule has 1 heterocycles. The molecule has 1 aliphatic heterocycles. The van der Waals surface area contributed by atoms with Crippen LogP contribution in [0.15, 0.2) is 42.5 Å². The van der Waals surface area contributed by atoms with Gasteiger partial charge in [-0.1, -0.05) is 30.4 Å². The maximum Gasteiger partial charge on any atom is 0.177 e. The van der Waals surface area contributed by atoms with Gasteiger partial charge in [-0.25, -0.2) is 0 Å². The first-order valence-electron chi connectivity index (χ1n) is 7.26. The molecule has 1 aliphatic rings. The van der Waals surface area contributed by atoms with Crippen LogP contribution in [-0.4, -0.2) is 32.6 Å². The first kappa shape index (κ1) is 14.8. The van der Waals surface area contributed by atoms with Gasteiger partial charge in [0.1, 0.15) is 0 Å². The van der Waals surface area contributed by atoms with E-state index in [1.54, 1.807) is 0 Å². The number of allylic oxidation sites excluding steroid dienone is 2. The standard InChI is InChI=1S/C17H23NO2/c1-3-18(4-2)16-11-9-15(10-12-16)7-5-6-8-17-19-13-14-20-17/h5-12,17H,3-4,13-14H2,1-2H3/b7-5+,8-6-. The summed E-state index contributed by atoms with van der Waals surface area (Å²) in [5.74, 6) is 0. The second-order valence-electron chi connectivity index (χ2n) is 4.62. The van der Waals surface area contributed by atoms with Crippen LogP contribution in [0.1, 0.15) is 19.4 Å². The lowest BCUT2D eigenvalue weighted by Gasteiger charge is -2.20. The first-order valence-corrected chi connectivity index (χ1v) is 7.26. The summed E-state index contributed by atoms with van der Waals surface area (Å²) in [7, 11) is 0. The number of hydrogen-bond donors (Lipinski definition) is 0. The van der Waals surface area contributed by atoms with E-state index in [-0.39, 0.29) is 6.29 Å². The van der Waals surface area contributed by atoms with Crippen LogP contribution in [0.2, 0.25) is 0 Å². The Kier molecular flexibility index (Phi) is 5.84. The monoisotopic (exact) mass is 273 g/mol. The largest absolute Gasteiger partial charge is 0.372 e. The van der Waals surface area contributed by atoms with Crippen molar-refractivity contribution in [3.8, 4) is 0 Å². The Bertz CT molecular complexity index is 441. The van der Waals surface area contributed by atoms with Crippen LogP contribution in [0, 0.1) is 0 Å². The Hall–Kier alpha value is -1.58. The van der Waals surface area contributed by atoms with Gasteiger partial charge in [0, 0.05) is 18.8 Å². The van der Waals surface area contributed by atoms with Crippen molar-refractivity contribution in [1.29, 1.82) is 0 Å². The highest BCUT2D eigenvalue weighted by Crippen LogP contribution is 2.15. The molecule has 1 saturated heterocycles. The maximum atomic E-state index is 5.32. The van der Waals surface area contributed by atoms with Crippen molar-refractivity contribution in [1.82, 2.24) is 0 Å². The topological polar surface area (TPSA) is 21.7 Å². The SMILES string of the molecule is CCN(CC)c1ccc(/C=C/C=C\C2OCCO2)cc1. The van der Waals surface area contributed by atoms with Gasteiger partial charge >= 0.3 is 0 Å². The van der Waals surface area contributed by atoms with Gasteiger partial charge < -0.3 is 14.4 Å². The number of anilines is 1. The van der Waals surface area contributed by atoms with Crippen LogP contribution in [0.5, 0.6) is 0 Å². The zero-order valence-corrected chi connectivity index (χ0v) is 12.3. The molecule has 0 bridgehead atoms. The summed E-state index contributed by atoms with van der Waals surface area (Å²) in [5, 5.41) is 0. The molecule has 1 fully saturated rings. The van der Waals surface area contributed by atoms with Gasteiger partial charge in [-0.3, -0.25) is 0 Å². The van der Waals surface area contributed by atoms with E-state index in [2.05, 4.69) is 49.1 Å². The molecule has 1 aromatic carbocycles. The normalized spacial score (nSPS) is 16.5. The molecule has 0 atom stereocenters. The minimum atomic E-state index is -0.176. The lowest BCUT2D eigenvalue weighted by atomic mass is 10.2. The minimum Gasteiger partial charge on any atom is -0.372 e. The van der Waals surface area contributed by atoms with Crippen molar-refractivity contribution < 1.29 is 9.47 Å². The van der Waals surface area contributed by atoms with Gasteiger partial charge in [-0.05, 0) is 37.6 Å². The van der Waals surface area contributed by atoms with Crippen molar-refractivity contribution >= 4 is 11.8 Å². The maximum absolute atomic E-state index is 5.32. The summed E-state index contributed by atoms with van der Waals surface area (Å²) in [5.41, 5.74) is 2.47. The molecule has 0 amide bonds. The van der Waals surface area contributed by atoms with Crippen molar-refractivity contribution in [2.75, 3.05) is 31.2 Å². The van der Waals surface area contributed by atoms with Crippen LogP contribution in [0.4, 0.5) is 5.69 Å². The van der Waals surface area contributed by atoms with Crippen LogP contribution in [0.3, 0.4) is 0 Å². The summed E-state index contributed by atoms with van der Waals surface area (Å²) in [4.78, 5) is 2.34. The van der Waals surface area contributed by atoms with E-state index in [4.69, 9.17) is 9.47 Å². The molecular weight excluding hydrogens is 250 g/mol. The van der Waals surface area contributed by atoms with E-state index in [1.165, 1.54) is 11.3 Å². The molecule has 1 aromatic rings. The Morgan fingerprint density at radius 3 is 2.30 bits per heavy atom. The quantitative estimate of drug-likeness (QED) is 0.741. The Morgan fingerprint density at radius 2 is 1.70 bits per heavy atom. The summed E-state index contributed by atoms with van der Waals surface area (Å²) in [6, 6.07) is 8.61. The molecule has 20 heavy (non-hydrogen) atoms. The lowest BCUT2D eigenvalue weighted by Crippen LogP contribution is -2.21. The predicted octanol–water partition coefficient (Wildman–Crippen LogP) is 3.48. The van der Waals surface area contributed by atoms with E-state index in [9.17, 15) is 0 Å². The van der Waals surface area contributed by atoms with E-state index < -0.39 is 0 Å². The molecule has 0 saturated carbocycles. The van der Waals surface area contributed by atoms with Gasteiger partial charge in [0.05, 0.1) is 13.2 Å². The molecule has 0 aromatic heterocycles. The van der Waals surface area contributed by atoms with Gasteiger partial charge in [-0.2, -0.15) is 0 Å². The predicted molar refractivity (Wildman–Crippen MR) is 83.9 cm³/mol. The van der Waals surface area contributed by atoms with E-state index in [1.807, 2.05) is 18.2 Å². The smallest absolute Gasteiger partial charge is 0.177 e. The average molecular weight is 273 g/mol.